The molecule has 20 heavy (non-hydrogen) atoms. The predicted octanol–water partition coefficient (Wildman–Crippen LogP) is 3.24. The second-order valence-corrected chi connectivity index (χ2v) is 5.71. The lowest BCUT2D eigenvalue weighted by Crippen LogP contribution is -2.39. The summed E-state index contributed by atoms with van der Waals surface area (Å²) in [7, 11) is 0. The molecule has 1 aromatic rings. The number of rotatable bonds is 6. The van der Waals surface area contributed by atoms with E-state index in [1.807, 2.05) is 12.1 Å². The average molecular weight is 318 g/mol. The number of piperidine rings is 1. The number of ether oxygens (including phenoxy) is 1. The molecule has 2 rings (SSSR count). The minimum atomic E-state index is 0. The van der Waals surface area contributed by atoms with Crippen molar-refractivity contribution in [3.05, 3.63) is 34.9 Å². The summed E-state index contributed by atoms with van der Waals surface area (Å²) in [4.78, 5) is 10.3. The molecule has 5 heteroatoms. The third-order valence-electron chi connectivity index (χ3n) is 3.97. The molecule has 1 N–H and O–H groups in total. The summed E-state index contributed by atoms with van der Waals surface area (Å²) in [6, 6.07) is 8.06. The molecule has 0 saturated carbocycles. The van der Waals surface area contributed by atoms with Gasteiger partial charge < -0.3 is 10.1 Å². The molecular formula is C15H21Cl2NO2. The minimum absolute atomic E-state index is 0. The first-order valence-corrected chi connectivity index (χ1v) is 7.12. The average Bonchev–Trinajstić information content (AvgIpc) is 2.43. The fraction of sp³-hybridized carbons (Fsp3) is 0.533. The Kier molecular flexibility index (Phi) is 7.35. The van der Waals surface area contributed by atoms with Gasteiger partial charge in [-0.15, -0.1) is 12.4 Å². The van der Waals surface area contributed by atoms with E-state index < -0.39 is 0 Å². The van der Waals surface area contributed by atoms with Crippen molar-refractivity contribution < 1.29 is 9.53 Å². The van der Waals surface area contributed by atoms with Gasteiger partial charge in [0, 0.05) is 5.02 Å². The van der Waals surface area contributed by atoms with Gasteiger partial charge in [0.05, 0.1) is 6.61 Å². The van der Waals surface area contributed by atoms with Crippen LogP contribution in [0.25, 0.3) is 0 Å². The van der Waals surface area contributed by atoms with Crippen molar-refractivity contribution >= 4 is 30.5 Å². The first-order valence-electron chi connectivity index (χ1n) is 6.75. The maximum atomic E-state index is 10.3. The van der Waals surface area contributed by atoms with E-state index in [2.05, 4.69) is 17.4 Å². The summed E-state index contributed by atoms with van der Waals surface area (Å²) in [5.41, 5.74) is 1.54. The zero-order chi connectivity index (χ0) is 13.6. The van der Waals surface area contributed by atoms with Gasteiger partial charge >= 0.3 is 0 Å². The molecule has 0 bridgehead atoms. The molecule has 0 unspecified atom stereocenters. The fourth-order valence-electron chi connectivity index (χ4n) is 2.83. The monoisotopic (exact) mass is 317 g/mol. The quantitative estimate of drug-likeness (QED) is 0.646. The summed E-state index contributed by atoms with van der Waals surface area (Å²) in [5, 5.41) is 4.16. The van der Waals surface area contributed by atoms with Crippen molar-refractivity contribution in [3.8, 4) is 0 Å². The standard InChI is InChI=1S/C15H20ClNO2.ClH/c16-14-3-1-13(2-4-14)11-15(7-10-19-12-18)5-8-17-9-6-15;/h1-4,12,17H,5-11H2;1H. The van der Waals surface area contributed by atoms with Crippen LogP contribution in [0.15, 0.2) is 24.3 Å². The molecule has 1 saturated heterocycles. The number of benzene rings is 1. The molecule has 3 nitrogen and oxygen atoms in total. The Hall–Kier alpha value is -0.770. The van der Waals surface area contributed by atoms with E-state index in [0.29, 0.717) is 13.1 Å². The Morgan fingerprint density at radius 1 is 1.25 bits per heavy atom. The summed E-state index contributed by atoms with van der Waals surface area (Å²) < 4.78 is 4.90. The van der Waals surface area contributed by atoms with Crippen molar-refractivity contribution in [2.75, 3.05) is 19.7 Å². The highest BCUT2D eigenvalue weighted by molar-refractivity contribution is 6.30. The second kappa shape index (κ2) is 8.50. The van der Waals surface area contributed by atoms with Crippen LogP contribution in [0.3, 0.4) is 0 Å². The third kappa shape index (κ3) is 4.97. The van der Waals surface area contributed by atoms with Gasteiger partial charge in [0.25, 0.3) is 6.47 Å². The van der Waals surface area contributed by atoms with Crippen LogP contribution >= 0.6 is 24.0 Å². The molecule has 0 aliphatic carbocycles. The molecular weight excluding hydrogens is 297 g/mol. The smallest absolute Gasteiger partial charge is 0.293 e. The topological polar surface area (TPSA) is 38.3 Å². The lowest BCUT2D eigenvalue weighted by atomic mass is 9.72. The maximum absolute atomic E-state index is 10.3. The molecule has 1 heterocycles. The Morgan fingerprint density at radius 2 is 1.90 bits per heavy atom. The zero-order valence-electron chi connectivity index (χ0n) is 11.4. The Labute approximate surface area is 131 Å². The molecule has 0 spiro atoms. The van der Waals surface area contributed by atoms with Gasteiger partial charge in [-0.25, -0.2) is 0 Å². The molecule has 0 aromatic heterocycles. The number of carbonyl (C=O) groups is 1. The summed E-state index contributed by atoms with van der Waals surface area (Å²) in [6.45, 7) is 3.12. The zero-order valence-corrected chi connectivity index (χ0v) is 13.0. The van der Waals surface area contributed by atoms with Crippen molar-refractivity contribution in [3.63, 3.8) is 0 Å². The Morgan fingerprint density at radius 3 is 2.50 bits per heavy atom. The SMILES string of the molecule is Cl.O=COCCC1(Cc2ccc(Cl)cc2)CCNCC1. The normalized spacial score (nSPS) is 17.1. The van der Waals surface area contributed by atoms with Gasteiger partial charge in [-0.05, 0) is 61.9 Å². The number of carbonyl (C=O) groups excluding carboxylic acids is 1. The summed E-state index contributed by atoms with van der Waals surface area (Å²) in [5.74, 6) is 0. The van der Waals surface area contributed by atoms with Crippen molar-refractivity contribution in [1.82, 2.24) is 5.32 Å². The van der Waals surface area contributed by atoms with Crippen LogP contribution in [0.5, 0.6) is 0 Å². The molecule has 0 amide bonds. The van der Waals surface area contributed by atoms with E-state index >= 15 is 0 Å². The maximum Gasteiger partial charge on any atom is 0.293 e. The minimum Gasteiger partial charge on any atom is -0.468 e. The first-order chi connectivity index (χ1) is 9.24. The van der Waals surface area contributed by atoms with Gasteiger partial charge in [0.15, 0.2) is 0 Å². The molecule has 1 fully saturated rings. The number of hydrogen-bond acceptors (Lipinski definition) is 3. The van der Waals surface area contributed by atoms with Crippen molar-refractivity contribution in [2.24, 2.45) is 5.41 Å². The van der Waals surface area contributed by atoms with E-state index in [1.54, 1.807) is 0 Å². The van der Waals surface area contributed by atoms with E-state index in [9.17, 15) is 4.79 Å². The number of nitrogens with one attached hydrogen (secondary N) is 1. The van der Waals surface area contributed by atoms with Gasteiger partial charge in [-0.1, -0.05) is 23.7 Å². The molecule has 0 radical (unpaired) electrons. The van der Waals surface area contributed by atoms with Gasteiger partial charge in [-0.3, -0.25) is 4.79 Å². The van der Waals surface area contributed by atoms with Crippen molar-refractivity contribution in [2.45, 2.75) is 25.7 Å². The van der Waals surface area contributed by atoms with Gasteiger partial charge in [0.1, 0.15) is 0 Å². The van der Waals surface area contributed by atoms with Crippen LogP contribution in [0.4, 0.5) is 0 Å². The Balaban J connectivity index is 0.00000200. The number of halogens is 2. The van der Waals surface area contributed by atoms with E-state index in [1.165, 1.54) is 5.56 Å². The van der Waals surface area contributed by atoms with Crippen molar-refractivity contribution in [1.29, 1.82) is 0 Å². The highest BCUT2D eigenvalue weighted by atomic mass is 35.5. The van der Waals surface area contributed by atoms with E-state index in [0.717, 1.165) is 43.8 Å². The van der Waals surface area contributed by atoms with Crippen LogP contribution in [0.1, 0.15) is 24.8 Å². The summed E-state index contributed by atoms with van der Waals surface area (Å²) in [6.07, 6.45) is 4.19. The molecule has 112 valence electrons. The van der Waals surface area contributed by atoms with Crippen LogP contribution in [0.2, 0.25) is 5.02 Å². The van der Waals surface area contributed by atoms with Crippen LogP contribution < -0.4 is 5.32 Å². The van der Waals surface area contributed by atoms with Crippen LogP contribution in [0, 0.1) is 5.41 Å². The van der Waals surface area contributed by atoms with Gasteiger partial charge in [-0.2, -0.15) is 0 Å². The van der Waals surface area contributed by atoms with E-state index in [4.69, 9.17) is 16.3 Å². The van der Waals surface area contributed by atoms with E-state index in [-0.39, 0.29) is 17.8 Å². The lowest BCUT2D eigenvalue weighted by Gasteiger charge is -2.37. The predicted molar refractivity (Wildman–Crippen MR) is 83.6 cm³/mol. The molecule has 0 atom stereocenters. The van der Waals surface area contributed by atoms with Crippen LogP contribution in [-0.2, 0) is 16.0 Å². The second-order valence-electron chi connectivity index (χ2n) is 5.27. The molecule has 1 aliphatic heterocycles. The fourth-order valence-corrected chi connectivity index (χ4v) is 2.96. The highest BCUT2D eigenvalue weighted by Gasteiger charge is 2.31. The Bertz CT molecular complexity index is 403. The molecule has 1 aromatic carbocycles. The first kappa shape index (κ1) is 17.3. The largest absolute Gasteiger partial charge is 0.468 e. The molecule has 1 aliphatic rings. The van der Waals surface area contributed by atoms with Crippen LogP contribution in [-0.4, -0.2) is 26.2 Å². The lowest BCUT2D eigenvalue weighted by molar-refractivity contribution is -0.129. The summed E-state index contributed by atoms with van der Waals surface area (Å²) >= 11 is 5.92. The van der Waals surface area contributed by atoms with Gasteiger partial charge in [0.2, 0.25) is 0 Å². The number of hydrogen-bond donors (Lipinski definition) is 1. The third-order valence-corrected chi connectivity index (χ3v) is 4.23. The highest BCUT2D eigenvalue weighted by Crippen LogP contribution is 2.36.